The van der Waals surface area contributed by atoms with Crippen LogP contribution in [0.4, 0.5) is 0 Å². The Balaban J connectivity index is 1.75. The third kappa shape index (κ3) is 1.77. The third-order valence-corrected chi connectivity index (χ3v) is 3.91. The van der Waals surface area contributed by atoms with Crippen molar-refractivity contribution in [2.45, 2.75) is 44.9 Å². The van der Waals surface area contributed by atoms with Crippen molar-refractivity contribution in [3.05, 3.63) is 17.3 Å². The van der Waals surface area contributed by atoms with Gasteiger partial charge in [-0.3, -0.25) is 0 Å². The van der Waals surface area contributed by atoms with Gasteiger partial charge >= 0.3 is 0 Å². The number of hydrogen-bond donors (Lipinski definition) is 1. The molecule has 1 aromatic heterocycles. The molecule has 3 rings (SSSR count). The molecule has 1 aromatic rings. The van der Waals surface area contributed by atoms with Gasteiger partial charge in [-0.2, -0.15) is 0 Å². The second-order valence-corrected chi connectivity index (χ2v) is 5.13. The molecule has 2 aliphatic rings. The number of oxazole rings is 1. The normalized spacial score (nSPS) is 21.8. The van der Waals surface area contributed by atoms with Crippen molar-refractivity contribution in [3.63, 3.8) is 0 Å². The van der Waals surface area contributed by atoms with Gasteiger partial charge in [0.2, 0.25) is 0 Å². The number of aromatic nitrogens is 1. The molecule has 1 saturated heterocycles. The molecule has 1 aliphatic heterocycles. The first-order chi connectivity index (χ1) is 7.86. The largest absolute Gasteiger partial charge is 0.445 e. The molecule has 0 amide bonds. The van der Waals surface area contributed by atoms with Crippen LogP contribution in [0.3, 0.4) is 0 Å². The Morgan fingerprint density at radius 1 is 1.38 bits per heavy atom. The third-order valence-electron chi connectivity index (χ3n) is 3.91. The summed E-state index contributed by atoms with van der Waals surface area (Å²) in [5, 5.41) is 3.29. The molecule has 1 saturated carbocycles. The van der Waals surface area contributed by atoms with E-state index in [0.717, 1.165) is 43.5 Å². The van der Waals surface area contributed by atoms with E-state index in [9.17, 15) is 0 Å². The van der Waals surface area contributed by atoms with Crippen molar-refractivity contribution in [3.8, 4) is 0 Å². The highest BCUT2D eigenvalue weighted by atomic mass is 16.4. The topological polar surface area (TPSA) is 38.1 Å². The Morgan fingerprint density at radius 3 is 2.69 bits per heavy atom. The van der Waals surface area contributed by atoms with Crippen molar-refractivity contribution < 1.29 is 4.42 Å². The maximum absolute atomic E-state index is 5.89. The van der Waals surface area contributed by atoms with E-state index >= 15 is 0 Å². The predicted molar refractivity (Wildman–Crippen MR) is 62.5 cm³/mol. The molecule has 0 radical (unpaired) electrons. The van der Waals surface area contributed by atoms with E-state index in [2.05, 4.69) is 12.2 Å². The average Bonchev–Trinajstić information content (AvgIpc) is 2.52. The molecule has 0 unspecified atom stereocenters. The van der Waals surface area contributed by atoms with Gasteiger partial charge in [0.05, 0.1) is 5.69 Å². The van der Waals surface area contributed by atoms with Crippen LogP contribution in [0.2, 0.25) is 0 Å². The van der Waals surface area contributed by atoms with Crippen LogP contribution in [0.25, 0.3) is 0 Å². The number of rotatable bonds is 4. The molecule has 3 heteroatoms. The minimum atomic E-state index is 0.701. The van der Waals surface area contributed by atoms with Gasteiger partial charge in [0.25, 0.3) is 0 Å². The number of aryl methyl sites for hydroxylation is 1. The molecular formula is C13H20N2O. The zero-order valence-electron chi connectivity index (χ0n) is 9.96. The SMILES string of the molecule is CCc1oc(CC2CNC2)nc1C1CCC1. The van der Waals surface area contributed by atoms with Gasteiger partial charge in [0.1, 0.15) is 5.76 Å². The van der Waals surface area contributed by atoms with E-state index in [1.54, 1.807) is 0 Å². The summed E-state index contributed by atoms with van der Waals surface area (Å²) in [5.74, 6) is 3.57. The average molecular weight is 220 g/mol. The molecule has 2 fully saturated rings. The molecule has 0 bridgehead atoms. The van der Waals surface area contributed by atoms with Gasteiger partial charge in [-0.25, -0.2) is 4.98 Å². The predicted octanol–water partition coefficient (Wildman–Crippen LogP) is 2.27. The summed E-state index contributed by atoms with van der Waals surface area (Å²) in [6, 6.07) is 0. The lowest BCUT2D eigenvalue weighted by Crippen LogP contribution is -2.43. The first-order valence-electron chi connectivity index (χ1n) is 6.56. The van der Waals surface area contributed by atoms with Crippen LogP contribution in [-0.2, 0) is 12.8 Å². The quantitative estimate of drug-likeness (QED) is 0.846. The van der Waals surface area contributed by atoms with Crippen molar-refractivity contribution in [2.75, 3.05) is 13.1 Å². The van der Waals surface area contributed by atoms with Crippen LogP contribution in [0.15, 0.2) is 4.42 Å². The second-order valence-electron chi connectivity index (χ2n) is 5.13. The highest BCUT2D eigenvalue weighted by molar-refractivity contribution is 5.18. The van der Waals surface area contributed by atoms with Crippen LogP contribution in [0, 0.1) is 5.92 Å². The van der Waals surface area contributed by atoms with Gasteiger partial charge in [-0.15, -0.1) is 0 Å². The molecule has 0 atom stereocenters. The smallest absolute Gasteiger partial charge is 0.195 e. The highest BCUT2D eigenvalue weighted by Crippen LogP contribution is 2.38. The lowest BCUT2D eigenvalue weighted by Gasteiger charge is -2.25. The molecule has 88 valence electrons. The fourth-order valence-corrected chi connectivity index (χ4v) is 2.50. The van der Waals surface area contributed by atoms with Crippen molar-refractivity contribution >= 4 is 0 Å². The van der Waals surface area contributed by atoms with Crippen LogP contribution in [0.5, 0.6) is 0 Å². The summed E-state index contributed by atoms with van der Waals surface area (Å²) in [7, 11) is 0. The van der Waals surface area contributed by atoms with Gasteiger partial charge < -0.3 is 9.73 Å². The molecule has 3 nitrogen and oxygen atoms in total. The van der Waals surface area contributed by atoms with Crippen LogP contribution >= 0.6 is 0 Å². The van der Waals surface area contributed by atoms with Crippen LogP contribution in [-0.4, -0.2) is 18.1 Å². The van der Waals surface area contributed by atoms with Gasteiger partial charge in [0.15, 0.2) is 5.89 Å². The van der Waals surface area contributed by atoms with E-state index in [-0.39, 0.29) is 0 Å². The molecule has 16 heavy (non-hydrogen) atoms. The molecule has 0 aromatic carbocycles. The Kier molecular flexibility index (Phi) is 2.72. The number of hydrogen-bond acceptors (Lipinski definition) is 3. The Morgan fingerprint density at radius 2 is 2.19 bits per heavy atom. The van der Waals surface area contributed by atoms with Gasteiger partial charge in [-0.1, -0.05) is 13.3 Å². The maximum atomic E-state index is 5.89. The Labute approximate surface area is 96.6 Å². The Bertz CT molecular complexity index is 364. The molecule has 1 N–H and O–H groups in total. The van der Waals surface area contributed by atoms with Crippen LogP contribution < -0.4 is 5.32 Å². The summed E-state index contributed by atoms with van der Waals surface area (Å²) in [5.41, 5.74) is 1.27. The first kappa shape index (κ1) is 10.3. The van der Waals surface area contributed by atoms with Crippen LogP contribution in [0.1, 0.15) is 49.4 Å². The number of nitrogens with one attached hydrogen (secondary N) is 1. The van der Waals surface area contributed by atoms with E-state index in [4.69, 9.17) is 9.40 Å². The summed E-state index contributed by atoms with van der Waals surface area (Å²) in [4.78, 5) is 4.73. The fraction of sp³-hybridized carbons (Fsp3) is 0.769. The van der Waals surface area contributed by atoms with Crippen molar-refractivity contribution in [1.29, 1.82) is 0 Å². The molecule has 1 aliphatic carbocycles. The van der Waals surface area contributed by atoms with E-state index in [1.165, 1.54) is 25.0 Å². The molecule has 2 heterocycles. The zero-order chi connectivity index (χ0) is 11.0. The van der Waals surface area contributed by atoms with Crippen molar-refractivity contribution in [2.24, 2.45) is 5.92 Å². The lowest BCUT2D eigenvalue weighted by molar-refractivity contribution is 0.314. The zero-order valence-corrected chi connectivity index (χ0v) is 9.96. The molecular weight excluding hydrogens is 200 g/mol. The molecule has 0 spiro atoms. The lowest BCUT2D eigenvalue weighted by atomic mass is 9.82. The standard InChI is InChI=1S/C13H20N2O/c1-2-11-13(10-4-3-5-10)15-12(16-11)6-9-7-14-8-9/h9-10,14H,2-8H2,1H3. The van der Waals surface area contributed by atoms with Gasteiger partial charge in [0, 0.05) is 18.8 Å². The second kappa shape index (κ2) is 4.21. The van der Waals surface area contributed by atoms with Crippen molar-refractivity contribution in [1.82, 2.24) is 10.3 Å². The van der Waals surface area contributed by atoms with E-state index < -0.39 is 0 Å². The van der Waals surface area contributed by atoms with Gasteiger partial charge in [-0.05, 0) is 31.8 Å². The first-order valence-corrected chi connectivity index (χ1v) is 6.56. The summed E-state index contributed by atoms with van der Waals surface area (Å²) < 4.78 is 5.89. The van der Waals surface area contributed by atoms with E-state index in [0.29, 0.717) is 5.92 Å². The van der Waals surface area contributed by atoms with E-state index in [1.807, 2.05) is 0 Å². The monoisotopic (exact) mass is 220 g/mol. The number of nitrogens with zero attached hydrogens (tertiary/aromatic N) is 1. The summed E-state index contributed by atoms with van der Waals surface area (Å²) >= 11 is 0. The summed E-state index contributed by atoms with van der Waals surface area (Å²) in [6.45, 7) is 4.42. The highest BCUT2D eigenvalue weighted by Gasteiger charge is 2.27. The Hall–Kier alpha value is -0.830. The fourth-order valence-electron chi connectivity index (χ4n) is 2.50. The maximum Gasteiger partial charge on any atom is 0.195 e. The summed E-state index contributed by atoms with van der Waals surface area (Å²) in [6.07, 6.45) is 5.99. The minimum Gasteiger partial charge on any atom is -0.445 e. The minimum absolute atomic E-state index is 0.701.